The molecule has 0 radical (unpaired) electrons. The lowest BCUT2D eigenvalue weighted by Gasteiger charge is -2.31. The zero-order chi connectivity index (χ0) is 19.3. The van der Waals surface area contributed by atoms with Gasteiger partial charge in [0.05, 0.1) is 0 Å². The van der Waals surface area contributed by atoms with Gasteiger partial charge in [0.2, 0.25) is 0 Å². The number of carbonyl (C=O) groups excluding carboxylic acids is 1. The molecule has 0 saturated carbocycles. The standard InChI is InChI=1S/C20H20FN5O2/c21-15-2-1-3-18(12-15)28-17-6-4-16(5-7-17)24-20(27)26-10-8-14(9-11-26)19-22-13-23-25-19/h1-7,12-14H,8-11H2,(H,24,27)(H,22,23,25). The minimum Gasteiger partial charge on any atom is -0.457 e. The molecule has 8 heteroatoms. The fourth-order valence-electron chi connectivity index (χ4n) is 3.24. The Morgan fingerprint density at radius 3 is 2.61 bits per heavy atom. The Kier molecular flexibility index (Phi) is 5.18. The summed E-state index contributed by atoms with van der Waals surface area (Å²) < 4.78 is 18.8. The first-order valence-electron chi connectivity index (χ1n) is 9.12. The van der Waals surface area contributed by atoms with Crippen LogP contribution in [0.15, 0.2) is 54.9 Å². The molecule has 1 aromatic heterocycles. The van der Waals surface area contributed by atoms with Crippen molar-refractivity contribution in [3.05, 3.63) is 66.5 Å². The Labute approximate surface area is 161 Å². The van der Waals surface area contributed by atoms with Crippen molar-refractivity contribution in [1.29, 1.82) is 0 Å². The monoisotopic (exact) mass is 381 g/mol. The molecule has 144 valence electrons. The lowest BCUT2D eigenvalue weighted by molar-refractivity contribution is 0.193. The molecule has 0 unspecified atom stereocenters. The Bertz CT molecular complexity index is 922. The molecule has 1 saturated heterocycles. The van der Waals surface area contributed by atoms with Crippen LogP contribution < -0.4 is 10.1 Å². The van der Waals surface area contributed by atoms with Crippen LogP contribution in [0.3, 0.4) is 0 Å². The van der Waals surface area contributed by atoms with E-state index in [4.69, 9.17) is 4.74 Å². The topological polar surface area (TPSA) is 83.1 Å². The summed E-state index contributed by atoms with van der Waals surface area (Å²) in [4.78, 5) is 18.5. The van der Waals surface area contributed by atoms with E-state index in [1.807, 2.05) is 0 Å². The number of halogens is 1. The van der Waals surface area contributed by atoms with Crippen LogP contribution in [0.25, 0.3) is 0 Å². The highest BCUT2D eigenvalue weighted by atomic mass is 19.1. The maximum Gasteiger partial charge on any atom is 0.321 e. The molecule has 2 N–H and O–H groups in total. The number of aromatic nitrogens is 3. The number of rotatable bonds is 4. The molecule has 2 aromatic carbocycles. The predicted octanol–water partition coefficient (Wildman–Crippen LogP) is 4.15. The molecule has 28 heavy (non-hydrogen) atoms. The number of carbonyl (C=O) groups is 1. The van der Waals surface area contributed by atoms with Crippen molar-refractivity contribution in [1.82, 2.24) is 20.1 Å². The zero-order valence-corrected chi connectivity index (χ0v) is 15.1. The number of ether oxygens (including phenoxy) is 1. The van der Waals surface area contributed by atoms with Crippen LogP contribution in [0.2, 0.25) is 0 Å². The maximum atomic E-state index is 13.2. The van der Waals surface area contributed by atoms with E-state index in [-0.39, 0.29) is 11.8 Å². The van der Waals surface area contributed by atoms with E-state index in [0.29, 0.717) is 36.2 Å². The maximum absolute atomic E-state index is 13.2. The van der Waals surface area contributed by atoms with Crippen molar-refractivity contribution in [3.8, 4) is 11.5 Å². The van der Waals surface area contributed by atoms with Gasteiger partial charge in [0.25, 0.3) is 0 Å². The molecule has 0 aliphatic carbocycles. The Balaban J connectivity index is 1.30. The molecule has 2 amide bonds. The first-order chi connectivity index (χ1) is 13.7. The fourth-order valence-corrected chi connectivity index (χ4v) is 3.24. The lowest BCUT2D eigenvalue weighted by Crippen LogP contribution is -2.40. The highest BCUT2D eigenvalue weighted by Crippen LogP contribution is 2.26. The van der Waals surface area contributed by atoms with Crippen LogP contribution >= 0.6 is 0 Å². The molecule has 4 rings (SSSR count). The van der Waals surface area contributed by atoms with E-state index in [9.17, 15) is 9.18 Å². The van der Waals surface area contributed by atoms with E-state index in [0.717, 1.165) is 18.7 Å². The third-order valence-corrected chi connectivity index (χ3v) is 4.74. The summed E-state index contributed by atoms with van der Waals surface area (Å²) >= 11 is 0. The Morgan fingerprint density at radius 2 is 1.93 bits per heavy atom. The van der Waals surface area contributed by atoms with Gasteiger partial charge in [-0.1, -0.05) is 6.07 Å². The minimum absolute atomic E-state index is 0.130. The van der Waals surface area contributed by atoms with Crippen LogP contribution in [0.4, 0.5) is 14.9 Å². The van der Waals surface area contributed by atoms with Gasteiger partial charge in [-0.2, -0.15) is 5.10 Å². The average molecular weight is 381 g/mol. The summed E-state index contributed by atoms with van der Waals surface area (Å²) in [6.07, 6.45) is 3.21. The number of nitrogens with one attached hydrogen (secondary N) is 2. The SMILES string of the molecule is O=C(Nc1ccc(Oc2cccc(F)c2)cc1)N1CCC(c2ncn[nH]2)CC1. The number of amides is 2. The Morgan fingerprint density at radius 1 is 1.14 bits per heavy atom. The summed E-state index contributed by atoms with van der Waals surface area (Å²) in [6.45, 7) is 1.33. The highest BCUT2D eigenvalue weighted by molar-refractivity contribution is 5.89. The number of piperidine rings is 1. The van der Waals surface area contributed by atoms with Crippen molar-refractivity contribution in [2.45, 2.75) is 18.8 Å². The van der Waals surface area contributed by atoms with E-state index >= 15 is 0 Å². The number of aromatic amines is 1. The smallest absolute Gasteiger partial charge is 0.321 e. The second-order valence-corrected chi connectivity index (χ2v) is 6.65. The third-order valence-electron chi connectivity index (χ3n) is 4.74. The van der Waals surface area contributed by atoms with Crippen molar-refractivity contribution in [2.75, 3.05) is 18.4 Å². The van der Waals surface area contributed by atoms with Crippen molar-refractivity contribution >= 4 is 11.7 Å². The first kappa shape index (κ1) is 18.0. The molecular weight excluding hydrogens is 361 g/mol. The fraction of sp³-hybridized carbons (Fsp3) is 0.250. The normalized spacial score (nSPS) is 14.7. The van der Waals surface area contributed by atoms with Crippen molar-refractivity contribution in [3.63, 3.8) is 0 Å². The number of benzene rings is 2. The van der Waals surface area contributed by atoms with Crippen LogP contribution in [0.5, 0.6) is 11.5 Å². The van der Waals surface area contributed by atoms with Gasteiger partial charge in [-0.05, 0) is 49.2 Å². The molecule has 7 nitrogen and oxygen atoms in total. The van der Waals surface area contributed by atoms with Crippen LogP contribution in [-0.4, -0.2) is 39.2 Å². The molecule has 1 aliphatic heterocycles. The molecule has 1 fully saturated rings. The molecule has 3 aromatic rings. The largest absolute Gasteiger partial charge is 0.457 e. The van der Waals surface area contributed by atoms with Gasteiger partial charge in [-0.15, -0.1) is 0 Å². The van der Waals surface area contributed by atoms with Gasteiger partial charge in [0.15, 0.2) is 0 Å². The molecular formula is C20H20FN5O2. The summed E-state index contributed by atoms with van der Waals surface area (Å²) in [7, 11) is 0. The first-order valence-corrected chi connectivity index (χ1v) is 9.12. The third kappa shape index (κ3) is 4.28. The summed E-state index contributed by atoms with van der Waals surface area (Å²) in [5.41, 5.74) is 0.675. The minimum atomic E-state index is -0.353. The summed E-state index contributed by atoms with van der Waals surface area (Å²) in [5.74, 6) is 1.83. The number of nitrogens with zero attached hydrogens (tertiary/aromatic N) is 3. The van der Waals surface area contributed by atoms with E-state index < -0.39 is 0 Å². The van der Waals surface area contributed by atoms with Gasteiger partial charge in [-0.25, -0.2) is 14.2 Å². The average Bonchev–Trinajstić information content (AvgIpc) is 3.24. The molecule has 0 atom stereocenters. The number of likely N-dealkylation sites (tertiary alicyclic amines) is 1. The second-order valence-electron chi connectivity index (χ2n) is 6.65. The van der Waals surface area contributed by atoms with Crippen molar-refractivity contribution < 1.29 is 13.9 Å². The summed E-state index contributed by atoms with van der Waals surface area (Å²) in [5, 5.41) is 9.69. The van der Waals surface area contributed by atoms with Crippen LogP contribution in [0.1, 0.15) is 24.6 Å². The van der Waals surface area contributed by atoms with Gasteiger partial charge < -0.3 is 15.0 Å². The Hall–Kier alpha value is -3.42. The molecule has 0 bridgehead atoms. The van der Waals surface area contributed by atoms with E-state index in [1.165, 1.54) is 18.5 Å². The molecule has 2 heterocycles. The second kappa shape index (κ2) is 8.08. The zero-order valence-electron chi connectivity index (χ0n) is 15.1. The van der Waals surface area contributed by atoms with Crippen LogP contribution in [-0.2, 0) is 0 Å². The number of anilines is 1. The van der Waals surface area contributed by atoms with Gasteiger partial charge in [0, 0.05) is 30.8 Å². The number of urea groups is 1. The van der Waals surface area contributed by atoms with Crippen molar-refractivity contribution in [2.24, 2.45) is 0 Å². The van der Waals surface area contributed by atoms with Gasteiger partial charge in [-0.3, -0.25) is 5.10 Å². The summed E-state index contributed by atoms with van der Waals surface area (Å²) in [6, 6.07) is 12.8. The number of H-pyrrole nitrogens is 1. The molecule has 1 aliphatic rings. The number of hydrogen-bond donors (Lipinski definition) is 2. The van der Waals surface area contributed by atoms with E-state index in [2.05, 4.69) is 20.5 Å². The lowest BCUT2D eigenvalue weighted by atomic mass is 9.96. The van der Waals surface area contributed by atoms with Crippen LogP contribution in [0, 0.1) is 5.82 Å². The predicted molar refractivity (Wildman–Crippen MR) is 102 cm³/mol. The van der Waals surface area contributed by atoms with Gasteiger partial charge in [0.1, 0.15) is 29.5 Å². The highest BCUT2D eigenvalue weighted by Gasteiger charge is 2.25. The molecule has 0 spiro atoms. The van der Waals surface area contributed by atoms with Gasteiger partial charge >= 0.3 is 6.03 Å². The van der Waals surface area contributed by atoms with E-state index in [1.54, 1.807) is 41.3 Å². The quantitative estimate of drug-likeness (QED) is 0.711. The number of hydrogen-bond acceptors (Lipinski definition) is 4.